The highest BCUT2D eigenvalue weighted by Crippen LogP contribution is 2.39. The molecule has 0 aliphatic carbocycles. The Hall–Kier alpha value is -7.07. The summed E-state index contributed by atoms with van der Waals surface area (Å²) >= 11 is 6.27. The second kappa shape index (κ2) is 17.9. The van der Waals surface area contributed by atoms with E-state index in [1.54, 1.807) is 25.1 Å². The second-order valence-corrected chi connectivity index (χ2v) is 15.7. The number of aromatic nitrogens is 6. The molecule has 8 rings (SSSR count). The van der Waals surface area contributed by atoms with Crippen molar-refractivity contribution < 1.29 is 24.6 Å². The number of nitrogen functional groups attached to an aromatic ring is 2. The van der Waals surface area contributed by atoms with Gasteiger partial charge in [-0.25, -0.2) is 19.9 Å². The van der Waals surface area contributed by atoms with Crippen LogP contribution in [0.25, 0.3) is 44.3 Å². The molecule has 0 spiro atoms. The van der Waals surface area contributed by atoms with Gasteiger partial charge in [0.15, 0.2) is 0 Å². The fraction of sp³-hybridized carbons (Fsp3) is 0.217. The number of anilines is 2. The Bertz CT molecular complexity index is 2910. The van der Waals surface area contributed by atoms with E-state index in [0.29, 0.717) is 50.8 Å². The van der Waals surface area contributed by atoms with E-state index in [1.807, 2.05) is 55.6 Å². The van der Waals surface area contributed by atoms with Gasteiger partial charge in [0.25, 0.3) is 5.69 Å². The lowest BCUT2D eigenvalue weighted by Gasteiger charge is -2.15. The quantitative estimate of drug-likeness (QED) is 0.0706. The number of nitro benzene ring substituents is 1. The van der Waals surface area contributed by atoms with Crippen molar-refractivity contribution in [2.45, 2.75) is 66.3 Å². The number of aliphatic hydroxyl groups excluding tert-OH is 2. The number of benzene rings is 4. The monoisotopic (exact) mass is 855 g/mol. The number of nitrogens with two attached hydrogens (primary N) is 2. The van der Waals surface area contributed by atoms with Crippen LogP contribution in [0.3, 0.4) is 0 Å². The van der Waals surface area contributed by atoms with Crippen molar-refractivity contribution in [3.05, 3.63) is 136 Å². The van der Waals surface area contributed by atoms with Gasteiger partial charge in [-0.2, -0.15) is 0 Å². The Morgan fingerprint density at radius 3 is 1.65 bits per heavy atom. The lowest BCUT2D eigenvalue weighted by Crippen LogP contribution is -2.00. The van der Waals surface area contributed by atoms with Gasteiger partial charge in [0.05, 0.1) is 28.4 Å². The molecule has 0 aliphatic heterocycles. The number of non-ortho nitro benzene ring substituents is 1. The molecular formula is C46H46ClN9O6. The maximum Gasteiger partial charge on any atom is 0.270 e. The van der Waals surface area contributed by atoms with Crippen LogP contribution in [0.15, 0.2) is 104 Å². The average Bonchev–Trinajstić information content (AvgIpc) is 3.85. The van der Waals surface area contributed by atoms with Crippen LogP contribution in [0.2, 0.25) is 5.02 Å². The summed E-state index contributed by atoms with van der Waals surface area (Å²) in [5.41, 5.74) is 19.5. The topological polar surface area (TPSA) is 216 Å². The number of rotatable bonds is 11. The van der Waals surface area contributed by atoms with Crippen LogP contribution in [0.1, 0.15) is 69.5 Å². The zero-order chi connectivity index (χ0) is 44.4. The molecule has 8 aromatic rings. The molecule has 0 aliphatic rings. The van der Waals surface area contributed by atoms with Gasteiger partial charge >= 0.3 is 0 Å². The molecule has 0 saturated heterocycles. The van der Waals surface area contributed by atoms with E-state index in [-0.39, 0.29) is 24.4 Å². The van der Waals surface area contributed by atoms with Gasteiger partial charge in [0, 0.05) is 70.0 Å². The minimum Gasteiger partial charge on any atom is -0.457 e. The molecule has 15 nitrogen and oxygen atoms in total. The summed E-state index contributed by atoms with van der Waals surface area (Å²) in [7, 11) is 0. The predicted octanol–water partition coefficient (Wildman–Crippen LogP) is 10.5. The minimum atomic E-state index is -0.671. The molecular weight excluding hydrogens is 810 g/mol. The van der Waals surface area contributed by atoms with Crippen molar-refractivity contribution >= 4 is 51.0 Å². The Morgan fingerprint density at radius 1 is 0.726 bits per heavy atom. The number of aryl methyl sites for hydroxylation is 1. The van der Waals surface area contributed by atoms with Crippen LogP contribution >= 0.6 is 11.6 Å². The van der Waals surface area contributed by atoms with E-state index in [0.717, 1.165) is 49.9 Å². The first-order valence-corrected chi connectivity index (χ1v) is 20.2. The zero-order valence-corrected chi connectivity index (χ0v) is 35.7. The number of hydrogen-bond acceptors (Lipinski definition) is 12. The molecule has 62 heavy (non-hydrogen) atoms. The molecule has 1 unspecified atom stereocenters. The van der Waals surface area contributed by atoms with Crippen LogP contribution in [0.5, 0.6) is 23.0 Å². The van der Waals surface area contributed by atoms with Gasteiger partial charge in [0.2, 0.25) is 0 Å². The molecule has 0 radical (unpaired) electrons. The van der Waals surface area contributed by atoms with E-state index in [4.69, 9.17) is 32.5 Å². The van der Waals surface area contributed by atoms with Crippen molar-refractivity contribution in [2.75, 3.05) is 11.5 Å². The normalized spacial score (nSPS) is 11.9. The number of aliphatic hydroxyl groups is 2. The molecule has 6 N–H and O–H groups in total. The van der Waals surface area contributed by atoms with Crippen molar-refractivity contribution in [3.63, 3.8) is 0 Å². The number of nitro groups is 1. The van der Waals surface area contributed by atoms with Crippen molar-refractivity contribution in [3.8, 4) is 45.3 Å². The third-order valence-electron chi connectivity index (χ3n) is 10.3. The lowest BCUT2D eigenvalue weighted by atomic mass is 10.1. The Morgan fingerprint density at radius 2 is 1.21 bits per heavy atom. The molecule has 0 fully saturated rings. The molecule has 0 saturated carbocycles. The van der Waals surface area contributed by atoms with Gasteiger partial charge in [0.1, 0.15) is 58.6 Å². The number of halogens is 1. The van der Waals surface area contributed by atoms with E-state index >= 15 is 0 Å². The molecule has 4 aromatic carbocycles. The Balaban J connectivity index is 0.000000186. The smallest absolute Gasteiger partial charge is 0.270 e. The van der Waals surface area contributed by atoms with Crippen LogP contribution < -0.4 is 20.9 Å². The van der Waals surface area contributed by atoms with Crippen LogP contribution in [-0.4, -0.2) is 44.2 Å². The predicted molar refractivity (Wildman–Crippen MR) is 242 cm³/mol. The van der Waals surface area contributed by atoms with Crippen LogP contribution in [0, 0.1) is 17.0 Å². The largest absolute Gasteiger partial charge is 0.457 e. The fourth-order valence-electron chi connectivity index (χ4n) is 7.10. The molecule has 1 atom stereocenters. The molecule has 0 bridgehead atoms. The highest BCUT2D eigenvalue weighted by molar-refractivity contribution is 6.31. The summed E-state index contributed by atoms with van der Waals surface area (Å²) in [6.45, 7) is 11.6. The van der Waals surface area contributed by atoms with E-state index in [1.165, 1.54) is 30.9 Å². The van der Waals surface area contributed by atoms with Crippen LogP contribution in [0.4, 0.5) is 17.3 Å². The number of ether oxygens (including phenoxy) is 2. The highest BCUT2D eigenvalue weighted by Gasteiger charge is 2.19. The van der Waals surface area contributed by atoms with E-state index in [9.17, 15) is 20.3 Å². The van der Waals surface area contributed by atoms with Gasteiger partial charge in [-0.3, -0.25) is 10.1 Å². The number of hydrogen-bond donors (Lipinski definition) is 4. The summed E-state index contributed by atoms with van der Waals surface area (Å²) in [5, 5.41) is 32.8. The molecule has 4 aromatic heterocycles. The Labute approximate surface area is 362 Å². The molecule has 0 amide bonds. The van der Waals surface area contributed by atoms with Gasteiger partial charge in [-0.1, -0.05) is 35.9 Å². The van der Waals surface area contributed by atoms with Crippen molar-refractivity contribution in [2.24, 2.45) is 0 Å². The summed E-state index contributed by atoms with van der Waals surface area (Å²) < 4.78 is 16.0. The lowest BCUT2D eigenvalue weighted by molar-refractivity contribution is -0.385. The minimum absolute atomic E-state index is 0.104. The third-order valence-corrected chi connectivity index (χ3v) is 10.7. The SMILES string of the molecule is CC(C)n1cc(-c2ccc(Oc3ccc([N+](=O)[O-])cc3CO)cc2)c2c(N)ncnc21.Cc1cc(C(C)O)c(Oc2ccc(-c3cn(C(C)C)c4ncnc(N)c34)cc2)cc1Cl. The Kier molecular flexibility index (Phi) is 12.4. The third kappa shape index (κ3) is 8.72. The van der Waals surface area contributed by atoms with Gasteiger partial charge in [-0.05, 0) is 94.6 Å². The van der Waals surface area contributed by atoms with Crippen LogP contribution in [-0.2, 0) is 6.61 Å². The summed E-state index contributed by atoms with van der Waals surface area (Å²) in [6, 6.07) is 23.2. The summed E-state index contributed by atoms with van der Waals surface area (Å²) in [4.78, 5) is 27.6. The molecule has 318 valence electrons. The number of fused-ring (bicyclic) bond motifs is 2. The van der Waals surface area contributed by atoms with E-state index < -0.39 is 11.0 Å². The first-order chi connectivity index (χ1) is 29.6. The standard InChI is InChI=1S/C24H25ClN4O2.C22H21N5O4/c1-13(2)29-11-19(22-23(26)27-12-28-24(22)29)16-5-7-17(8-6-16)31-21-10-20(25)14(3)9-18(21)15(4)30;1-13(2)26-10-18(20-21(23)24-12-25-22(20)26)14-3-6-17(7-4-14)31-19-8-5-16(27(29)30)9-15(19)11-28/h5-13,15,30H,1-4H3,(H2,26,27,28);3-10,12-13,28H,11H2,1-2H3,(H2,23,24,25). The average molecular weight is 856 g/mol. The van der Waals surface area contributed by atoms with Gasteiger partial charge in [-0.15, -0.1) is 0 Å². The van der Waals surface area contributed by atoms with E-state index in [2.05, 4.69) is 63.0 Å². The maximum absolute atomic E-state index is 10.9. The van der Waals surface area contributed by atoms with Crippen molar-refractivity contribution in [1.29, 1.82) is 0 Å². The number of nitrogens with zero attached hydrogens (tertiary/aromatic N) is 7. The molecule has 4 heterocycles. The second-order valence-electron chi connectivity index (χ2n) is 15.3. The summed E-state index contributed by atoms with van der Waals surface area (Å²) in [6.07, 6.45) is 6.34. The first-order valence-electron chi connectivity index (χ1n) is 19.8. The van der Waals surface area contributed by atoms with Crippen molar-refractivity contribution in [1.82, 2.24) is 29.1 Å². The zero-order valence-electron chi connectivity index (χ0n) is 34.9. The first kappa shape index (κ1) is 43.0. The van der Waals surface area contributed by atoms with Gasteiger partial charge < -0.3 is 40.3 Å². The highest BCUT2D eigenvalue weighted by atomic mass is 35.5. The molecule has 16 heteroatoms. The summed E-state index contributed by atoms with van der Waals surface area (Å²) in [5.74, 6) is 2.93. The maximum atomic E-state index is 10.9. The fourth-order valence-corrected chi connectivity index (χ4v) is 7.26.